The van der Waals surface area contributed by atoms with E-state index in [-0.39, 0.29) is 0 Å². The molecule has 0 aliphatic rings. The monoisotopic (exact) mass is 182 g/mol. The summed E-state index contributed by atoms with van der Waals surface area (Å²) in [5, 5.41) is 0. The summed E-state index contributed by atoms with van der Waals surface area (Å²) in [6, 6.07) is 3.58. The quantitative estimate of drug-likeness (QED) is 0.655. The molecule has 0 saturated carbocycles. The Hall–Kier alpha value is -1.18. The third-order valence-electron chi connectivity index (χ3n) is 1.62. The van der Waals surface area contributed by atoms with E-state index in [0.717, 1.165) is 6.07 Å². The molecule has 0 heterocycles. The van der Waals surface area contributed by atoms with Gasteiger partial charge in [0.05, 0.1) is 0 Å². The predicted octanol–water partition coefficient (Wildman–Crippen LogP) is 3.63. The van der Waals surface area contributed by atoms with Gasteiger partial charge in [-0.15, -0.1) is 0 Å². The van der Waals surface area contributed by atoms with E-state index < -0.39 is 11.6 Å². The summed E-state index contributed by atoms with van der Waals surface area (Å²) < 4.78 is 25.5. The van der Waals surface area contributed by atoms with Crippen molar-refractivity contribution in [1.82, 2.24) is 0 Å². The maximum atomic E-state index is 13.0. The first kappa shape index (κ1) is 9.90. The van der Waals surface area contributed by atoms with Gasteiger partial charge in [0.1, 0.15) is 11.6 Å². The Labute approximate surface area is 76.9 Å². The summed E-state index contributed by atoms with van der Waals surface area (Å²) in [7, 11) is 0. The Morgan fingerprint density at radius 1 is 1.23 bits per heavy atom. The minimum Gasteiger partial charge on any atom is -0.207 e. The molecule has 0 aromatic heterocycles. The van der Waals surface area contributed by atoms with E-state index in [1.807, 2.05) is 19.9 Å². The van der Waals surface area contributed by atoms with Crippen molar-refractivity contribution in [3.05, 3.63) is 41.5 Å². The van der Waals surface area contributed by atoms with E-state index >= 15 is 0 Å². The van der Waals surface area contributed by atoms with Crippen LogP contribution in [0.4, 0.5) is 8.78 Å². The molecule has 1 rings (SSSR count). The van der Waals surface area contributed by atoms with Gasteiger partial charge in [-0.2, -0.15) is 0 Å². The fraction of sp³-hybridized carbons (Fsp3) is 0.273. The Morgan fingerprint density at radius 3 is 2.46 bits per heavy atom. The van der Waals surface area contributed by atoms with Gasteiger partial charge in [0.2, 0.25) is 0 Å². The van der Waals surface area contributed by atoms with E-state index in [0.29, 0.717) is 11.5 Å². The summed E-state index contributed by atoms with van der Waals surface area (Å²) in [5.74, 6) is -0.694. The minimum absolute atomic E-state index is 0.365. The fourth-order valence-corrected chi connectivity index (χ4v) is 0.933. The molecule has 0 nitrogen and oxygen atoms in total. The van der Waals surface area contributed by atoms with Crippen LogP contribution in [-0.4, -0.2) is 0 Å². The molecule has 0 atom stereocenters. The molecule has 0 bridgehead atoms. The number of rotatable bonds is 2. The second-order valence-corrected chi connectivity index (χ2v) is 3.27. The molecule has 0 saturated heterocycles. The van der Waals surface area contributed by atoms with Gasteiger partial charge >= 0.3 is 0 Å². The average molecular weight is 182 g/mol. The lowest BCUT2D eigenvalue weighted by Gasteiger charge is -1.97. The molecule has 2 heteroatoms. The molecule has 0 fully saturated rings. The van der Waals surface area contributed by atoms with Gasteiger partial charge < -0.3 is 0 Å². The van der Waals surface area contributed by atoms with E-state index in [2.05, 4.69) is 0 Å². The van der Waals surface area contributed by atoms with Crippen molar-refractivity contribution in [2.24, 2.45) is 5.92 Å². The van der Waals surface area contributed by atoms with Crippen molar-refractivity contribution in [2.75, 3.05) is 0 Å². The standard InChI is InChI=1S/C11H12F2/c1-8(2)3-4-9-5-6-10(12)7-11(9)13/h3-8H,1-2H3/b4-3+. The third-order valence-corrected chi connectivity index (χ3v) is 1.62. The van der Waals surface area contributed by atoms with Crippen LogP contribution in [0.5, 0.6) is 0 Å². The number of halogens is 2. The Morgan fingerprint density at radius 2 is 1.92 bits per heavy atom. The van der Waals surface area contributed by atoms with Crippen molar-refractivity contribution >= 4 is 6.08 Å². The normalized spacial score (nSPS) is 11.5. The maximum absolute atomic E-state index is 13.0. The van der Waals surface area contributed by atoms with Crippen LogP contribution in [0.3, 0.4) is 0 Å². The smallest absolute Gasteiger partial charge is 0.133 e. The molecule has 70 valence electrons. The molecule has 0 aliphatic carbocycles. The summed E-state index contributed by atoms with van der Waals surface area (Å²) in [6.45, 7) is 4.00. The first-order chi connectivity index (χ1) is 6.09. The van der Waals surface area contributed by atoms with E-state index in [9.17, 15) is 8.78 Å². The highest BCUT2D eigenvalue weighted by Crippen LogP contribution is 2.12. The highest BCUT2D eigenvalue weighted by Gasteiger charge is 1.99. The fourth-order valence-electron chi connectivity index (χ4n) is 0.933. The Balaban J connectivity index is 2.90. The van der Waals surface area contributed by atoms with E-state index in [1.165, 1.54) is 12.1 Å². The number of hydrogen-bond donors (Lipinski definition) is 0. The van der Waals surface area contributed by atoms with Crippen LogP contribution in [0, 0.1) is 17.6 Å². The summed E-state index contributed by atoms with van der Waals surface area (Å²) in [5.41, 5.74) is 0.426. The molecule has 0 aliphatic heterocycles. The van der Waals surface area contributed by atoms with Crippen LogP contribution in [0.15, 0.2) is 24.3 Å². The molecule has 0 radical (unpaired) electrons. The third kappa shape index (κ3) is 2.98. The highest BCUT2D eigenvalue weighted by atomic mass is 19.1. The van der Waals surface area contributed by atoms with Crippen molar-refractivity contribution in [2.45, 2.75) is 13.8 Å². The first-order valence-electron chi connectivity index (χ1n) is 4.23. The number of benzene rings is 1. The molecule has 1 aromatic rings. The number of allylic oxidation sites excluding steroid dienone is 1. The van der Waals surface area contributed by atoms with Gasteiger partial charge in [-0.25, -0.2) is 8.78 Å². The van der Waals surface area contributed by atoms with Gasteiger partial charge in [0.15, 0.2) is 0 Å². The molecule has 0 N–H and O–H groups in total. The van der Waals surface area contributed by atoms with Gasteiger partial charge in [-0.1, -0.05) is 26.0 Å². The molecule has 13 heavy (non-hydrogen) atoms. The highest BCUT2D eigenvalue weighted by molar-refractivity contribution is 5.49. The van der Waals surface area contributed by atoms with Crippen LogP contribution >= 0.6 is 0 Å². The second-order valence-electron chi connectivity index (χ2n) is 3.27. The van der Waals surface area contributed by atoms with Gasteiger partial charge in [0.25, 0.3) is 0 Å². The van der Waals surface area contributed by atoms with Gasteiger partial charge in [-0.3, -0.25) is 0 Å². The average Bonchev–Trinajstić information content (AvgIpc) is 2.02. The van der Waals surface area contributed by atoms with Crippen LogP contribution < -0.4 is 0 Å². The second kappa shape index (κ2) is 4.17. The molecular weight excluding hydrogens is 170 g/mol. The summed E-state index contributed by atoms with van der Waals surface area (Å²) >= 11 is 0. The zero-order valence-corrected chi connectivity index (χ0v) is 7.72. The van der Waals surface area contributed by atoms with Crippen LogP contribution in [0.2, 0.25) is 0 Å². The zero-order valence-electron chi connectivity index (χ0n) is 7.72. The Kier molecular flexibility index (Phi) is 3.18. The molecule has 0 unspecified atom stereocenters. The van der Waals surface area contributed by atoms with Crippen molar-refractivity contribution < 1.29 is 8.78 Å². The van der Waals surface area contributed by atoms with Crippen molar-refractivity contribution in [3.63, 3.8) is 0 Å². The minimum atomic E-state index is -0.542. The van der Waals surface area contributed by atoms with E-state index in [4.69, 9.17) is 0 Å². The lowest BCUT2D eigenvalue weighted by Crippen LogP contribution is -1.85. The molecule has 1 aromatic carbocycles. The first-order valence-corrected chi connectivity index (χ1v) is 4.23. The predicted molar refractivity (Wildman–Crippen MR) is 50.2 cm³/mol. The topological polar surface area (TPSA) is 0 Å². The van der Waals surface area contributed by atoms with Gasteiger partial charge in [-0.05, 0) is 18.1 Å². The summed E-state index contributed by atoms with van der Waals surface area (Å²) in [4.78, 5) is 0. The molecular formula is C11H12F2. The largest absolute Gasteiger partial charge is 0.207 e. The summed E-state index contributed by atoms with van der Waals surface area (Å²) in [6.07, 6.45) is 3.54. The van der Waals surface area contributed by atoms with Crippen molar-refractivity contribution in [3.8, 4) is 0 Å². The lowest BCUT2D eigenvalue weighted by atomic mass is 10.1. The number of hydrogen-bond acceptors (Lipinski definition) is 0. The zero-order chi connectivity index (χ0) is 9.84. The SMILES string of the molecule is CC(C)/C=C/c1ccc(F)cc1F. The van der Waals surface area contributed by atoms with E-state index in [1.54, 1.807) is 6.08 Å². The Bertz CT molecular complexity index is 314. The van der Waals surface area contributed by atoms with Crippen LogP contribution in [0.25, 0.3) is 6.08 Å². The van der Waals surface area contributed by atoms with Gasteiger partial charge in [0, 0.05) is 11.6 Å². The van der Waals surface area contributed by atoms with Crippen LogP contribution in [-0.2, 0) is 0 Å². The van der Waals surface area contributed by atoms with Crippen LogP contribution in [0.1, 0.15) is 19.4 Å². The lowest BCUT2D eigenvalue weighted by molar-refractivity contribution is 0.581. The van der Waals surface area contributed by atoms with Crippen molar-refractivity contribution in [1.29, 1.82) is 0 Å². The maximum Gasteiger partial charge on any atom is 0.133 e. The molecule has 0 amide bonds. The molecule has 0 spiro atoms.